The number of nitrogens with zero attached hydrogens (tertiary/aromatic N) is 1. The first-order chi connectivity index (χ1) is 4.27. The Bertz CT molecular complexity index is 57.0. The average Bonchev–Trinajstić information content (AvgIpc) is 1.80. The Morgan fingerprint density at radius 3 is 2.67 bits per heavy atom. The molecule has 0 saturated heterocycles. The van der Waals surface area contributed by atoms with E-state index in [0.717, 1.165) is 19.6 Å². The fourth-order valence-electron chi connectivity index (χ4n) is 0.630. The molecule has 0 aliphatic rings. The molecule has 2 nitrogen and oxygen atoms in total. The van der Waals surface area contributed by atoms with Gasteiger partial charge in [0.15, 0.2) is 0 Å². The zero-order valence-corrected chi connectivity index (χ0v) is 7.51. The van der Waals surface area contributed by atoms with Crippen LogP contribution in [-0.2, 0) is 0 Å². The van der Waals surface area contributed by atoms with Crippen molar-refractivity contribution in [2.24, 2.45) is 0 Å². The van der Waals surface area contributed by atoms with E-state index in [-0.39, 0.29) is 0 Å². The minimum absolute atomic E-state index is 1.08. The smallest absolute Gasteiger partial charge is 0.00252 e. The fraction of sp³-hybridized carbons (Fsp3) is 1.00. The van der Waals surface area contributed by atoms with Gasteiger partial charge in [-0.2, -0.15) is 0 Å². The van der Waals surface area contributed by atoms with E-state index in [1.807, 2.05) is 0 Å². The first-order valence-electron chi connectivity index (χ1n) is 3.44. The molecule has 56 valence electrons. The van der Waals surface area contributed by atoms with Gasteiger partial charge >= 0.3 is 0 Å². The Balaban J connectivity index is 2.75. The van der Waals surface area contributed by atoms with Crippen molar-refractivity contribution in [1.29, 1.82) is 0 Å². The van der Waals surface area contributed by atoms with Crippen LogP contribution in [0.15, 0.2) is 0 Å². The predicted octanol–water partition coefficient (Wildman–Crippen LogP) is 0.708. The van der Waals surface area contributed by atoms with Gasteiger partial charge in [-0.25, -0.2) is 0 Å². The Kier molecular flexibility index (Phi) is 6.72. The number of nitrogens with one attached hydrogen (secondary N) is 1. The van der Waals surface area contributed by atoms with Gasteiger partial charge in [-0.1, -0.05) is 16.3 Å². The lowest BCUT2D eigenvalue weighted by molar-refractivity contribution is 0.523. The highest BCUT2D eigenvalue weighted by Crippen LogP contribution is 1.92. The maximum atomic E-state index is 3.27. The first kappa shape index (κ1) is 9.35. The molecule has 0 fully saturated rings. The lowest BCUT2D eigenvalue weighted by Gasteiger charge is -2.07. The van der Waals surface area contributed by atoms with Crippen molar-refractivity contribution >= 4 is 9.39 Å². The van der Waals surface area contributed by atoms with Gasteiger partial charge in [0.2, 0.25) is 0 Å². The molecule has 0 aromatic rings. The molecule has 0 aromatic heterocycles. The van der Waals surface area contributed by atoms with Crippen molar-refractivity contribution in [3.8, 4) is 0 Å². The summed E-state index contributed by atoms with van der Waals surface area (Å²) in [5.41, 5.74) is 0. The molecule has 0 rings (SSSR count). The van der Waals surface area contributed by atoms with Gasteiger partial charge in [0.1, 0.15) is 0 Å². The summed E-state index contributed by atoms with van der Waals surface area (Å²) in [7, 11) is 4.72. The van der Waals surface area contributed by atoms with E-state index in [9.17, 15) is 0 Å². The summed E-state index contributed by atoms with van der Waals surface area (Å²) >= 11 is 0. The Morgan fingerprint density at radius 1 is 1.56 bits per heavy atom. The van der Waals surface area contributed by atoms with Crippen LogP contribution in [0, 0.1) is 0 Å². The van der Waals surface area contributed by atoms with Gasteiger partial charge in [0, 0.05) is 6.54 Å². The van der Waals surface area contributed by atoms with Crippen molar-refractivity contribution in [1.82, 2.24) is 9.99 Å². The summed E-state index contributed by atoms with van der Waals surface area (Å²) in [6.45, 7) is 5.50. The first-order valence-corrected chi connectivity index (χ1v) is 3.95. The van der Waals surface area contributed by atoms with Gasteiger partial charge in [-0.05, 0) is 26.6 Å². The molecule has 0 aliphatic carbocycles. The second kappa shape index (κ2) is 6.47. The van der Waals surface area contributed by atoms with E-state index in [0.29, 0.717) is 0 Å². The fourth-order valence-corrected chi connectivity index (χ4v) is 0.813. The number of rotatable bonds is 5. The van der Waals surface area contributed by atoms with Crippen molar-refractivity contribution in [3.63, 3.8) is 0 Å². The lowest BCUT2D eigenvalue weighted by atomic mass is 10.4. The van der Waals surface area contributed by atoms with E-state index in [2.05, 4.69) is 33.3 Å². The van der Waals surface area contributed by atoms with Crippen LogP contribution in [-0.4, -0.2) is 31.4 Å². The van der Waals surface area contributed by atoms with Crippen LogP contribution in [0.5, 0.6) is 0 Å². The van der Waals surface area contributed by atoms with Crippen LogP contribution in [0.4, 0.5) is 0 Å². The molecule has 3 heteroatoms. The number of hydrogen-bond acceptors (Lipinski definition) is 2. The van der Waals surface area contributed by atoms with E-state index in [1.165, 1.54) is 6.42 Å². The summed E-state index contributed by atoms with van der Waals surface area (Å²) in [6, 6.07) is 0. The third-order valence-corrected chi connectivity index (χ3v) is 1.37. The standard InChI is InChI=1S/C6H17N2P/c1-3-7-5-4-6-8(2)9/h7H,3-6,9H2,1-2H3. The molecule has 0 heterocycles. The second-order valence-electron chi connectivity index (χ2n) is 2.19. The molecule has 9 heavy (non-hydrogen) atoms. The molecular weight excluding hydrogens is 131 g/mol. The molecule has 1 atom stereocenters. The third kappa shape index (κ3) is 8.35. The maximum Gasteiger partial charge on any atom is 0.00252 e. The van der Waals surface area contributed by atoms with Crippen molar-refractivity contribution in [2.75, 3.05) is 26.7 Å². The van der Waals surface area contributed by atoms with Crippen LogP contribution in [0.25, 0.3) is 0 Å². The summed E-state index contributed by atoms with van der Waals surface area (Å²) in [5, 5.41) is 3.27. The zero-order chi connectivity index (χ0) is 7.11. The molecule has 0 bridgehead atoms. The van der Waals surface area contributed by atoms with E-state index < -0.39 is 0 Å². The molecule has 1 unspecified atom stereocenters. The quantitative estimate of drug-likeness (QED) is 0.456. The second-order valence-corrected chi connectivity index (χ2v) is 3.07. The summed E-state index contributed by atoms with van der Waals surface area (Å²) < 4.78 is 2.12. The van der Waals surface area contributed by atoms with Crippen LogP contribution in [0.3, 0.4) is 0 Å². The van der Waals surface area contributed by atoms with Gasteiger partial charge in [-0.3, -0.25) is 4.67 Å². The monoisotopic (exact) mass is 148 g/mol. The molecular formula is C6H17N2P. The average molecular weight is 148 g/mol. The van der Waals surface area contributed by atoms with Crippen molar-refractivity contribution in [3.05, 3.63) is 0 Å². The van der Waals surface area contributed by atoms with Crippen molar-refractivity contribution < 1.29 is 0 Å². The van der Waals surface area contributed by atoms with Crippen molar-refractivity contribution in [2.45, 2.75) is 13.3 Å². The highest BCUT2D eigenvalue weighted by Gasteiger charge is 1.87. The van der Waals surface area contributed by atoms with Crippen LogP contribution in [0.2, 0.25) is 0 Å². The largest absolute Gasteiger partial charge is 0.317 e. The van der Waals surface area contributed by atoms with Crippen LogP contribution in [0.1, 0.15) is 13.3 Å². The van der Waals surface area contributed by atoms with Gasteiger partial charge < -0.3 is 5.32 Å². The molecule has 0 amide bonds. The highest BCUT2D eigenvalue weighted by molar-refractivity contribution is 7.13. The predicted molar refractivity (Wildman–Crippen MR) is 45.5 cm³/mol. The maximum absolute atomic E-state index is 3.27. The highest BCUT2D eigenvalue weighted by atomic mass is 31.0. The summed E-state index contributed by atoms with van der Waals surface area (Å²) in [5.74, 6) is 0. The molecule has 1 N–H and O–H groups in total. The number of hydrogen-bond donors (Lipinski definition) is 1. The molecule has 0 aromatic carbocycles. The van der Waals surface area contributed by atoms with E-state index >= 15 is 0 Å². The Morgan fingerprint density at radius 2 is 2.22 bits per heavy atom. The van der Waals surface area contributed by atoms with Crippen LogP contribution >= 0.6 is 9.39 Å². The minimum atomic E-state index is 1.08. The molecule has 0 spiro atoms. The Labute approximate surface area is 60.3 Å². The molecule has 0 saturated carbocycles. The Hall–Kier alpha value is 0.350. The van der Waals surface area contributed by atoms with Gasteiger partial charge in [-0.15, -0.1) is 0 Å². The molecule has 0 radical (unpaired) electrons. The third-order valence-electron chi connectivity index (χ3n) is 1.11. The zero-order valence-electron chi connectivity index (χ0n) is 6.35. The topological polar surface area (TPSA) is 15.3 Å². The lowest BCUT2D eigenvalue weighted by Crippen LogP contribution is -2.18. The minimum Gasteiger partial charge on any atom is -0.317 e. The van der Waals surface area contributed by atoms with Gasteiger partial charge in [0.25, 0.3) is 0 Å². The van der Waals surface area contributed by atoms with Crippen LogP contribution < -0.4 is 5.32 Å². The SMILES string of the molecule is CCNCCCN(C)P. The van der Waals surface area contributed by atoms with E-state index in [4.69, 9.17) is 0 Å². The van der Waals surface area contributed by atoms with E-state index in [1.54, 1.807) is 0 Å². The summed E-state index contributed by atoms with van der Waals surface area (Å²) in [6.07, 6.45) is 1.23. The van der Waals surface area contributed by atoms with Gasteiger partial charge in [0.05, 0.1) is 0 Å². The normalized spacial score (nSPS) is 10.7. The molecule has 0 aliphatic heterocycles. The summed E-state index contributed by atoms with van der Waals surface area (Å²) in [4.78, 5) is 0.